The number of amides is 3. The molecule has 0 bridgehead atoms. The lowest BCUT2D eigenvalue weighted by Crippen LogP contribution is -2.50. The van der Waals surface area contributed by atoms with Gasteiger partial charge >= 0.3 is 5.97 Å². The van der Waals surface area contributed by atoms with E-state index >= 15 is 0 Å². The molecule has 1 heterocycles. The number of nitrogens with one attached hydrogen (secondary N) is 2. The lowest BCUT2D eigenvalue weighted by Gasteiger charge is -2.38. The Bertz CT molecular complexity index is 757. The van der Waals surface area contributed by atoms with Crippen molar-refractivity contribution in [3.8, 4) is 0 Å². The number of likely N-dealkylation sites (tertiary alicyclic amines) is 1. The normalized spacial score (nSPS) is 19.6. The molecule has 1 aliphatic rings. The van der Waals surface area contributed by atoms with E-state index in [1.807, 2.05) is 20.8 Å². The quantitative estimate of drug-likeness (QED) is 0.300. The molecule has 1 saturated heterocycles. The molecule has 1 fully saturated rings. The van der Waals surface area contributed by atoms with Gasteiger partial charge in [-0.25, -0.2) is 0 Å². The smallest absolute Gasteiger partial charge is 0.311 e. The summed E-state index contributed by atoms with van der Waals surface area (Å²) in [5.74, 6) is -0.792. The monoisotopic (exact) mass is 509 g/mol. The minimum Gasteiger partial charge on any atom is -0.465 e. The number of carbonyl (C=O) groups excluding carboxylic acids is 4. The number of hydrogen-bond acceptors (Lipinski definition) is 5. The average molecular weight is 510 g/mol. The highest BCUT2D eigenvalue weighted by Gasteiger charge is 2.46. The van der Waals surface area contributed by atoms with Crippen LogP contribution in [0.15, 0.2) is 0 Å². The second-order valence-corrected chi connectivity index (χ2v) is 11.2. The van der Waals surface area contributed by atoms with E-state index in [-0.39, 0.29) is 36.5 Å². The SMILES string of the molecule is CCCCC(CC)COC(=O)C(C)(CC)CC(C)(CC(C)C(=O)NC(C)N1CCCC1=O)C(=O)NC. The van der Waals surface area contributed by atoms with Gasteiger partial charge in [0.1, 0.15) is 6.17 Å². The average Bonchev–Trinajstić information content (AvgIpc) is 3.28. The lowest BCUT2D eigenvalue weighted by atomic mass is 9.67. The number of rotatable bonds is 16. The highest BCUT2D eigenvalue weighted by molar-refractivity contribution is 5.86. The highest BCUT2D eigenvalue weighted by atomic mass is 16.5. The molecule has 0 aromatic carbocycles. The lowest BCUT2D eigenvalue weighted by molar-refractivity contribution is -0.160. The van der Waals surface area contributed by atoms with Gasteiger partial charge in [-0.1, -0.05) is 53.9 Å². The van der Waals surface area contributed by atoms with Gasteiger partial charge < -0.3 is 20.3 Å². The topological polar surface area (TPSA) is 105 Å². The summed E-state index contributed by atoms with van der Waals surface area (Å²) in [6.07, 6.45) is 6.21. The van der Waals surface area contributed by atoms with Crippen molar-refractivity contribution in [2.24, 2.45) is 22.7 Å². The summed E-state index contributed by atoms with van der Waals surface area (Å²) in [6, 6.07) is 0. The molecule has 36 heavy (non-hydrogen) atoms. The van der Waals surface area contributed by atoms with Gasteiger partial charge in [0.25, 0.3) is 0 Å². The van der Waals surface area contributed by atoms with Gasteiger partial charge in [0, 0.05) is 31.3 Å². The first-order valence-corrected chi connectivity index (χ1v) is 13.9. The summed E-state index contributed by atoms with van der Waals surface area (Å²) in [7, 11) is 1.58. The molecule has 0 aromatic heterocycles. The molecule has 8 heteroatoms. The van der Waals surface area contributed by atoms with Gasteiger partial charge in [0.15, 0.2) is 0 Å². The van der Waals surface area contributed by atoms with Crippen molar-refractivity contribution >= 4 is 23.7 Å². The van der Waals surface area contributed by atoms with Crippen LogP contribution in [0, 0.1) is 22.7 Å². The Morgan fingerprint density at radius 1 is 1.11 bits per heavy atom. The van der Waals surface area contributed by atoms with E-state index in [2.05, 4.69) is 24.5 Å². The van der Waals surface area contributed by atoms with Crippen LogP contribution in [0.1, 0.15) is 106 Å². The van der Waals surface area contributed by atoms with Crippen LogP contribution in [0.4, 0.5) is 0 Å². The van der Waals surface area contributed by atoms with E-state index in [1.165, 1.54) is 0 Å². The molecule has 5 atom stereocenters. The van der Waals surface area contributed by atoms with Gasteiger partial charge in [-0.3, -0.25) is 19.2 Å². The van der Waals surface area contributed by atoms with E-state index in [4.69, 9.17) is 4.74 Å². The molecule has 2 N–H and O–H groups in total. The van der Waals surface area contributed by atoms with Crippen LogP contribution >= 0.6 is 0 Å². The highest BCUT2D eigenvalue weighted by Crippen LogP contribution is 2.42. The molecule has 1 aliphatic heterocycles. The predicted octanol–water partition coefficient (Wildman–Crippen LogP) is 4.42. The number of esters is 1. The zero-order chi connectivity index (χ0) is 27.5. The van der Waals surface area contributed by atoms with Crippen molar-refractivity contribution in [2.45, 2.75) is 112 Å². The molecular formula is C28H51N3O5. The second-order valence-electron chi connectivity index (χ2n) is 11.2. The fraction of sp³-hybridized carbons (Fsp3) is 0.857. The number of ether oxygens (including phenoxy) is 1. The first-order chi connectivity index (χ1) is 16.9. The molecular weight excluding hydrogens is 458 g/mol. The summed E-state index contributed by atoms with van der Waals surface area (Å²) < 4.78 is 5.79. The molecule has 0 spiro atoms. The van der Waals surface area contributed by atoms with Crippen LogP contribution < -0.4 is 10.6 Å². The fourth-order valence-corrected chi connectivity index (χ4v) is 5.29. The molecule has 208 valence electrons. The van der Waals surface area contributed by atoms with Gasteiger partial charge in [-0.05, 0) is 51.9 Å². The van der Waals surface area contributed by atoms with E-state index < -0.39 is 22.9 Å². The number of hydrogen-bond donors (Lipinski definition) is 2. The standard InChI is InChI=1S/C28H51N3O5/c1-9-12-14-22(10-2)18-36-26(35)27(6,11-3)19-28(7,25(34)29-8)17-20(4)24(33)30-21(5)31-16-13-15-23(31)32/h20-22H,9-19H2,1-8H3,(H,29,34)(H,30,33). The Morgan fingerprint density at radius 2 is 1.78 bits per heavy atom. The third-order valence-electron chi connectivity index (χ3n) is 7.96. The van der Waals surface area contributed by atoms with Gasteiger partial charge in [0.05, 0.1) is 12.0 Å². The Morgan fingerprint density at radius 3 is 2.28 bits per heavy atom. The summed E-state index contributed by atoms with van der Waals surface area (Å²) in [4.78, 5) is 53.0. The molecule has 0 saturated carbocycles. The largest absolute Gasteiger partial charge is 0.465 e. The number of nitrogens with zero attached hydrogens (tertiary/aromatic N) is 1. The second kappa shape index (κ2) is 14.6. The third-order valence-corrected chi connectivity index (χ3v) is 7.96. The minimum absolute atomic E-state index is 0.0443. The van der Waals surface area contributed by atoms with Crippen molar-refractivity contribution in [1.29, 1.82) is 0 Å². The first-order valence-electron chi connectivity index (χ1n) is 13.9. The Balaban J connectivity index is 2.92. The summed E-state index contributed by atoms with van der Waals surface area (Å²) in [5.41, 5.74) is -1.80. The van der Waals surface area contributed by atoms with Crippen molar-refractivity contribution in [2.75, 3.05) is 20.2 Å². The molecule has 0 aliphatic carbocycles. The summed E-state index contributed by atoms with van der Waals surface area (Å²) in [6.45, 7) is 14.5. The van der Waals surface area contributed by atoms with Crippen molar-refractivity contribution < 1.29 is 23.9 Å². The fourth-order valence-electron chi connectivity index (χ4n) is 5.29. The van der Waals surface area contributed by atoms with Crippen LogP contribution in [0.2, 0.25) is 0 Å². The summed E-state index contributed by atoms with van der Waals surface area (Å²) in [5, 5.41) is 5.66. The van der Waals surface area contributed by atoms with Crippen LogP contribution in [-0.4, -0.2) is 55.0 Å². The van der Waals surface area contributed by atoms with Crippen LogP contribution in [0.25, 0.3) is 0 Å². The van der Waals surface area contributed by atoms with Gasteiger partial charge in [0.2, 0.25) is 17.7 Å². The maximum absolute atomic E-state index is 13.3. The van der Waals surface area contributed by atoms with Crippen molar-refractivity contribution in [3.05, 3.63) is 0 Å². The van der Waals surface area contributed by atoms with Gasteiger partial charge in [-0.2, -0.15) is 0 Å². The Hall–Kier alpha value is -2.12. The molecule has 0 radical (unpaired) electrons. The maximum Gasteiger partial charge on any atom is 0.311 e. The van der Waals surface area contributed by atoms with Crippen LogP contribution in [0.5, 0.6) is 0 Å². The Kier molecular flexibility index (Phi) is 12.9. The first kappa shape index (κ1) is 31.9. The maximum atomic E-state index is 13.3. The van der Waals surface area contributed by atoms with Crippen molar-refractivity contribution in [3.63, 3.8) is 0 Å². The molecule has 0 aromatic rings. The van der Waals surface area contributed by atoms with E-state index in [0.29, 0.717) is 31.9 Å². The third kappa shape index (κ3) is 8.77. The molecule has 5 unspecified atom stereocenters. The van der Waals surface area contributed by atoms with E-state index in [0.717, 1.165) is 32.1 Å². The van der Waals surface area contributed by atoms with Gasteiger partial charge in [-0.15, -0.1) is 0 Å². The zero-order valence-corrected chi connectivity index (χ0v) is 24.0. The predicted molar refractivity (Wildman–Crippen MR) is 142 cm³/mol. The number of unbranched alkanes of at least 4 members (excludes halogenated alkanes) is 1. The molecule has 8 nitrogen and oxygen atoms in total. The minimum atomic E-state index is -0.950. The summed E-state index contributed by atoms with van der Waals surface area (Å²) >= 11 is 0. The van der Waals surface area contributed by atoms with Crippen LogP contribution in [0.3, 0.4) is 0 Å². The Labute approximate surface area is 218 Å². The number of carbonyl (C=O) groups is 4. The van der Waals surface area contributed by atoms with E-state index in [9.17, 15) is 19.2 Å². The van der Waals surface area contributed by atoms with Crippen LogP contribution in [-0.2, 0) is 23.9 Å². The van der Waals surface area contributed by atoms with Crippen molar-refractivity contribution in [1.82, 2.24) is 15.5 Å². The molecule has 1 rings (SSSR count). The molecule has 3 amide bonds. The van der Waals surface area contributed by atoms with E-state index in [1.54, 1.807) is 25.8 Å². The zero-order valence-electron chi connectivity index (χ0n) is 24.0.